The first kappa shape index (κ1) is 18.2. The van der Waals surface area contributed by atoms with Gasteiger partial charge in [-0.05, 0) is 30.9 Å². The summed E-state index contributed by atoms with van der Waals surface area (Å²) < 4.78 is 7.31. The second-order valence-corrected chi connectivity index (χ2v) is 7.56. The molecule has 2 aromatic heterocycles. The second kappa shape index (κ2) is 7.84. The molecule has 1 aliphatic carbocycles. The summed E-state index contributed by atoms with van der Waals surface area (Å²) in [4.78, 5) is 4.58. The van der Waals surface area contributed by atoms with E-state index in [4.69, 9.17) is 16.3 Å². The number of methoxy groups -OCH3 is 1. The van der Waals surface area contributed by atoms with Crippen LogP contribution in [0.4, 0.5) is 0 Å². The number of fused-ring (bicyclic) bond motifs is 1. The van der Waals surface area contributed by atoms with Crippen molar-refractivity contribution >= 4 is 22.5 Å². The van der Waals surface area contributed by atoms with Crippen LogP contribution < -0.4 is 10.1 Å². The van der Waals surface area contributed by atoms with Crippen molar-refractivity contribution in [1.29, 1.82) is 0 Å². The minimum atomic E-state index is -0.375. The lowest BCUT2D eigenvalue weighted by Crippen LogP contribution is -2.35. The smallest absolute Gasteiger partial charge is 0.218 e. The monoisotopic (exact) mass is 386 g/mol. The third-order valence-corrected chi connectivity index (χ3v) is 5.38. The normalized spacial score (nSPS) is 22.4. The molecule has 6 nitrogen and oxygen atoms in total. The summed E-state index contributed by atoms with van der Waals surface area (Å²) in [5.74, 6) is 0.988. The van der Waals surface area contributed by atoms with E-state index in [1.54, 1.807) is 13.3 Å². The molecule has 2 N–H and O–H groups in total. The van der Waals surface area contributed by atoms with Crippen molar-refractivity contribution in [3.63, 3.8) is 0 Å². The van der Waals surface area contributed by atoms with Gasteiger partial charge in [-0.1, -0.05) is 29.8 Å². The molecule has 3 aromatic rings. The molecule has 0 aliphatic heterocycles. The summed E-state index contributed by atoms with van der Waals surface area (Å²) in [6, 6.07) is 10.1. The van der Waals surface area contributed by atoms with Crippen LogP contribution in [0.3, 0.4) is 0 Å². The highest BCUT2D eigenvalue weighted by Crippen LogP contribution is 2.29. The van der Waals surface area contributed by atoms with E-state index in [2.05, 4.69) is 21.5 Å². The molecule has 142 valence electrons. The lowest BCUT2D eigenvalue weighted by molar-refractivity contribution is 0.145. The molecule has 0 saturated heterocycles. The number of nitrogens with zero attached hydrogens (tertiary/aromatic N) is 3. The Morgan fingerprint density at radius 2 is 2.19 bits per heavy atom. The summed E-state index contributed by atoms with van der Waals surface area (Å²) in [6.07, 6.45) is 4.73. The van der Waals surface area contributed by atoms with Crippen LogP contribution in [0.2, 0.25) is 5.02 Å². The van der Waals surface area contributed by atoms with E-state index in [1.165, 1.54) is 0 Å². The first-order valence-electron chi connectivity index (χ1n) is 9.14. The minimum Gasteiger partial charge on any atom is -0.481 e. The standard InChI is InChI=1S/C20H23ClN4O2/c1-27-20-15(8-14-4-2-3-5-17(14)24-20)9-22-18-6-13(7-19(18)26)11-25-12-16(21)10-23-25/h2-5,8,10,12-13,18-19,22,26H,6-7,9,11H2,1H3/t13?,18-,19-/m1/s1. The van der Waals surface area contributed by atoms with Crippen molar-refractivity contribution in [2.24, 2.45) is 5.92 Å². The highest BCUT2D eigenvalue weighted by Gasteiger charge is 2.33. The van der Waals surface area contributed by atoms with Crippen LogP contribution in [0.25, 0.3) is 10.9 Å². The molecule has 3 atom stereocenters. The highest BCUT2D eigenvalue weighted by molar-refractivity contribution is 6.30. The fourth-order valence-corrected chi connectivity index (χ4v) is 4.03. The maximum Gasteiger partial charge on any atom is 0.218 e. The summed E-state index contributed by atoms with van der Waals surface area (Å²) in [6.45, 7) is 1.37. The average molecular weight is 387 g/mol. The summed E-state index contributed by atoms with van der Waals surface area (Å²) in [5.41, 5.74) is 1.91. The summed E-state index contributed by atoms with van der Waals surface area (Å²) >= 11 is 5.93. The number of halogens is 1. The molecule has 4 rings (SSSR count). The van der Waals surface area contributed by atoms with E-state index >= 15 is 0 Å². The number of hydrogen-bond donors (Lipinski definition) is 2. The number of pyridine rings is 1. The minimum absolute atomic E-state index is 0.0391. The Morgan fingerprint density at radius 1 is 1.33 bits per heavy atom. The van der Waals surface area contributed by atoms with E-state index < -0.39 is 0 Å². The van der Waals surface area contributed by atoms with Gasteiger partial charge in [0, 0.05) is 36.3 Å². The van der Waals surface area contributed by atoms with E-state index in [0.29, 0.717) is 23.4 Å². The number of aliphatic hydroxyl groups excluding tert-OH is 1. The Morgan fingerprint density at radius 3 is 2.96 bits per heavy atom. The Kier molecular flexibility index (Phi) is 5.29. The van der Waals surface area contributed by atoms with Gasteiger partial charge >= 0.3 is 0 Å². The van der Waals surface area contributed by atoms with Gasteiger partial charge in [0.15, 0.2) is 0 Å². The van der Waals surface area contributed by atoms with Crippen LogP contribution >= 0.6 is 11.6 Å². The molecule has 1 unspecified atom stereocenters. The molecule has 1 aliphatic rings. The van der Waals surface area contributed by atoms with Crippen LogP contribution in [-0.2, 0) is 13.1 Å². The van der Waals surface area contributed by atoms with E-state index in [1.807, 2.05) is 35.1 Å². The van der Waals surface area contributed by atoms with Gasteiger partial charge in [0.25, 0.3) is 0 Å². The zero-order valence-corrected chi connectivity index (χ0v) is 15.9. The third kappa shape index (κ3) is 4.08. The van der Waals surface area contributed by atoms with E-state index in [-0.39, 0.29) is 12.1 Å². The van der Waals surface area contributed by atoms with Crippen molar-refractivity contribution in [3.8, 4) is 5.88 Å². The Bertz CT molecular complexity index is 929. The quantitative estimate of drug-likeness (QED) is 0.681. The topological polar surface area (TPSA) is 72.2 Å². The highest BCUT2D eigenvalue weighted by atomic mass is 35.5. The lowest BCUT2D eigenvalue weighted by Gasteiger charge is -2.17. The summed E-state index contributed by atoms with van der Waals surface area (Å²) in [7, 11) is 1.64. The maximum absolute atomic E-state index is 10.5. The number of nitrogens with one attached hydrogen (secondary N) is 1. The molecule has 27 heavy (non-hydrogen) atoms. The Hall–Kier alpha value is -2.15. The predicted octanol–water partition coefficient (Wildman–Crippen LogP) is 3.02. The molecule has 0 bridgehead atoms. The number of para-hydroxylation sites is 1. The first-order chi connectivity index (χ1) is 13.1. The number of aliphatic hydroxyl groups is 1. The van der Waals surface area contributed by atoms with Gasteiger partial charge in [-0.15, -0.1) is 0 Å². The first-order valence-corrected chi connectivity index (χ1v) is 9.52. The van der Waals surface area contributed by atoms with Gasteiger partial charge in [0.1, 0.15) is 0 Å². The molecule has 0 amide bonds. The zero-order valence-electron chi connectivity index (χ0n) is 15.2. The van der Waals surface area contributed by atoms with E-state index in [0.717, 1.165) is 35.9 Å². The molecule has 2 heterocycles. The van der Waals surface area contributed by atoms with Crippen molar-refractivity contribution in [2.75, 3.05) is 7.11 Å². The molecular formula is C20H23ClN4O2. The van der Waals surface area contributed by atoms with Crippen LogP contribution in [0.15, 0.2) is 42.7 Å². The van der Waals surface area contributed by atoms with Crippen molar-refractivity contribution in [3.05, 3.63) is 53.3 Å². The van der Waals surface area contributed by atoms with Crippen molar-refractivity contribution in [1.82, 2.24) is 20.1 Å². The Labute approximate surface area is 163 Å². The van der Waals surface area contributed by atoms with Crippen LogP contribution in [0, 0.1) is 5.92 Å². The Balaban J connectivity index is 1.41. The number of aromatic nitrogens is 3. The summed E-state index contributed by atoms with van der Waals surface area (Å²) in [5, 5.41) is 19.9. The number of hydrogen-bond acceptors (Lipinski definition) is 5. The predicted molar refractivity (Wildman–Crippen MR) is 105 cm³/mol. The van der Waals surface area contributed by atoms with Crippen LogP contribution in [-0.4, -0.2) is 39.1 Å². The average Bonchev–Trinajstić information content (AvgIpc) is 3.24. The molecular weight excluding hydrogens is 364 g/mol. The molecule has 1 aromatic carbocycles. The fraction of sp³-hybridized carbons (Fsp3) is 0.400. The largest absolute Gasteiger partial charge is 0.481 e. The SMILES string of the molecule is COc1nc2ccccc2cc1CN[C@@H]1CC(Cn2cc(Cl)cn2)C[C@H]1O. The van der Waals surface area contributed by atoms with Gasteiger partial charge in [0.05, 0.1) is 29.9 Å². The van der Waals surface area contributed by atoms with Gasteiger partial charge < -0.3 is 15.2 Å². The van der Waals surface area contributed by atoms with Crippen LogP contribution in [0.5, 0.6) is 5.88 Å². The van der Waals surface area contributed by atoms with Gasteiger partial charge in [-0.25, -0.2) is 4.98 Å². The molecule has 0 spiro atoms. The number of rotatable bonds is 6. The number of benzene rings is 1. The molecule has 7 heteroatoms. The molecule has 1 fully saturated rings. The molecule has 0 radical (unpaired) electrons. The van der Waals surface area contributed by atoms with E-state index in [9.17, 15) is 5.11 Å². The maximum atomic E-state index is 10.5. The van der Waals surface area contributed by atoms with Crippen molar-refractivity contribution < 1.29 is 9.84 Å². The zero-order chi connectivity index (χ0) is 18.8. The van der Waals surface area contributed by atoms with Gasteiger partial charge in [0.2, 0.25) is 5.88 Å². The van der Waals surface area contributed by atoms with Gasteiger partial charge in [-0.2, -0.15) is 5.10 Å². The number of ether oxygens (including phenoxy) is 1. The second-order valence-electron chi connectivity index (χ2n) is 7.12. The fourth-order valence-electron chi connectivity index (χ4n) is 3.88. The van der Waals surface area contributed by atoms with Crippen molar-refractivity contribution in [2.45, 2.75) is 38.1 Å². The van der Waals surface area contributed by atoms with Gasteiger partial charge in [-0.3, -0.25) is 4.68 Å². The molecule has 1 saturated carbocycles. The third-order valence-electron chi connectivity index (χ3n) is 5.18. The van der Waals surface area contributed by atoms with Crippen LogP contribution in [0.1, 0.15) is 18.4 Å². The lowest BCUT2D eigenvalue weighted by atomic mass is 10.1.